The van der Waals surface area contributed by atoms with Crippen molar-refractivity contribution in [2.24, 2.45) is 0 Å². The van der Waals surface area contributed by atoms with E-state index < -0.39 is 62.7 Å². The number of anilines is 8. The lowest BCUT2D eigenvalue weighted by Crippen LogP contribution is -2.57. The van der Waals surface area contributed by atoms with E-state index in [9.17, 15) is 59.5 Å². The number of nitrogens with zero attached hydrogens (tertiary/aromatic N) is 23. The summed E-state index contributed by atoms with van der Waals surface area (Å²) in [6, 6.07) is 26.9. The molecule has 25 rings (SSSR count). The first-order valence-electron chi connectivity index (χ1n) is 47.0. The van der Waals surface area contributed by atoms with Crippen LogP contribution in [0.25, 0.3) is 56.0 Å². The van der Waals surface area contributed by atoms with Crippen LogP contribution < -0.4 is 44.2 Å². The maximum absolute atomic E-state index is 15.4. The summed E-state index contributed by atoms with van der Waals surface area (Å²) in [6.45, 7) is 12.7. The third kappa shape index (κ3) is 20.2. The van der Waals surface area contributed by atoms with Gasteiger partial charge >= 0.3 is 0 Å². The molecule has 0 radical (unpaired) electrons. The zero-order valence-corrected chi connectivity index (χ0v) is 78.5. The summed E-state index contributed by atoms with van der Waals surface area (Å²) < 4.78 is 106. The van der Waals surface area contributed by atoms with E-state index in [1.807, 2.05) is 57.2 Å². The van der Waals surface area contributed by atoms with Crippen molar-refractivity contribution in [3.63, 3.8) is 0 Å². The third-order valence-corrected chi connectivity index (χ3v) is 29.7. The highest BCUT2D eigenvalue weighted by atomic mass is 32.2. The molecule has 10 aliphatic rings. The monoisotopic (exact) mass is 1990 g/mol. The Morgan fingerprint density at radius 3 is 1.12 bits per heavy atom. The van der Waals surface area contributed by atoms with E-state index in [2.05, 4.69) is 96.2 Å². The second-order valence-corrected chi connectivity index (χ2v) is 38.4. The number of fused-ring (bicyclic) bond motifs is 12. The molecule has 12 N–H and O–H groups in total. The Labute approximate surface area is 823 Å². The van der Waals surface area contributed by atoms with Crippen molar-refractivity contribution in [1.29, 1.82) is 0 Å². The summed E-state index contributed by atoms with van der Waals surface area (Å²) in [5.41, 5.74) is 31.8. The quantitative estimate of drug-likeness (QED) is 0.0371. The van der Waals surface area contributed by atoms with Crippen LogP contribution in [0.3, 0.4) is 0 Å². The Morgan fingerprint density at radius 2 is 0.724 bits per heavy atom. The van der Waals surface area contributed by atoms with Gasteiger partial charge in [-0.2, -0.15) is 0 Å². The number of hydrogen-bond donors (Lipinski definition) is 8. The molecule has 9 aliphatic heterocycles. The van der Waals surface area contributed by atoms with Gasteiger partial charge in [-0.05, 0) is 135 Å². The molecule has 4 bridgehead atoms. The lowest BCUT2D eigenvalue weighted by atomic mass is 9.90. The second kappa shape index (κ2) is 40.9. The maximum Gasteiger partial charge on any atom is 0.263 e. The third-order valence-electron chi connectivity index (χ3n) is 27.3. The summed E-state index contributed by atoms with van der Waals surface area (Å²) >= 11 is 0. The fraction of sp³-hybridized carbons (Fsp3) is 0.296. The molecule has 10 fully saturated rings. The highest BCUT2D eigenvalue weighted by molar-refractivity contribution is 7.90. The normalized spacial score (nSPS) is 18.1. The number of aromatic nitrogens is 16. The van der Waals surface area contributed by atoms with Crippen LogP contribution in [0.2, 0.25) is 0 Å². The number of nitrogens with two attached hydrogens (primary N) is 4. The molecule has 1 aliphatic carbocycles. The zero-order valence-electron chi connectivity index (χ0n) is 77.7. The number of piperidine rings is 3. The number of benzene rings is 3. The molecule has 41 nitrogen and oxygen atoms in total. The van der Waals surface area contributed by atoms with Gasteiger partial charge in [0.25, 0.3) is 41.4 Å². The predicted molar refractivity (Wildman–Crippen MR) is 523 cm³/mol. The lowest BCUT2D eigenvalue weighted by Gasteiger charge is -2.42. The molecular formula is C98H96F5N31O10S. The number of nitrogen functional groups attached to an aromatic ring is 4. The van der Waals surface area contributed by atoms with Gasteiger partial charge in [-0.1, -0.05) is 30.3 Å². The van der Waals surface area contributed by atoms with Gasteiger partial charge in [0.2, 0.25) is 10.0 Å². The number of hydrogen-bond acceptors (Lipinski definition) is 29. The molecular weight excluding hydrogens is 1900 g/mol. The number of amides is 7. The molecule has 744 valence electrons. The molecule has 0 atom stereocenters. The fourth-order valence-electron chi connectivity index (χ4n) is 19.4. The first-order chi connectivity index (χ1) is 70.2. The summed E-state index contributed by atoms with van der Waals surface area (Å²) in [7, 11) is -3.19. The van der Waals surface area contributed by atoms with Gasteiger partial charge in [-0.3, -0.25) is 58.4 Å². The van der Waals surface area contributed by atoms with Crippen molar-refractivity contribution in [3.8, 4) is 33.4 Å². The van der Waals surface area contributed by atoms with Crippen molar-refractivity contribution < 1.29 is 68.7 Å². The molecule has 9 saturated heterocycles. The number of piperazine rings is 1. The molecule has 7 amide bonds. The van der Waals surface area contributed by atoms with Gasteiger partial charge in [-0.25, -0.2) is 72.7 Å². The molecule has 1 saturated carbocycles. The summed E-state index contributed by atoms with van der Waals surface area (Å²) in [5, 5.41) is 26.8. The van der Waals surface area contributed by atoms with Gasteiger partial charge in [0.1, 0.15) is 28.1 Å². The summed E-state index contributed by atoms with van der Waals surface area (Å²) in [4.78, 5) is 137. The van der Waals surface area contributed by atoms with E-state index >= 15 is 4.39 Å². The van der Waals surface area contributed by atoms with Crippen LogP contribution in [0.5, 0.6) is 0 Å². The number of carbonyl (C=O) groups excluding carboxylic acids is 7. The van der Waals surface area contributed by atoms with Gasteiger partial charge in [0.05, 0.1) is 122 Å². The van der Waals surface area contributed by atoms with Crippen molar-refractivity contribution in [3.05, 3.63) is 264 Å². The summed E-state index contributed by atoms with van der Waals surface area (Å²) in [6.07, 6.45) is 27.3. The number of sulfonamides is 1. The largest absolute Gasteiger partial charge is 0.381 e. The SMILES string of the molecule is Nc1nn2cc(F)cnc2c1C(=O)Nc1cnccc1-c1ccc(C(=O)N2CCN(C3COC3)CC2)cc1.Nc1nn2cc(F)cnc2c1C(=O)Nc1cnccc1-c1ccc(C(=O)N2CCN3CCC2CC3)cc1.Nc1nn2cc(F)cnc2c1C(=O)Nc1cnccc1-c1ccc(C(=O)N2CCN3CCC2CC3)cc1F.Nc1nn2cc(F)cnc2c1C(=O)Nc1cnccc1C1CCN(S(=O)(=O)C2CC2)CC1. The average Bonchev–Trinajstić information content (AvgIpc) is 1.16. The van der Waals surface area contributed by atoms with Gasteiger partial charge in [-0.15, -0.1) is 20.4 Å². The first-order valence-corrected chi connectivity index (χ1v) is 48.6. The van der Waals surface area contributed by atoms with E-state index in [0.29, 0.717) is 97.0 Å². The standard InChI is InChI=1S/C26H24F2N8O2.C26H25FN8O3.C26H25FN8O2.C20H22FN7O3S/c27-16-12-31-24-22(23(29)33-36(24)14-16)25(37)32-21-13-30-6-3-19(21)18-2-1-15(11-20(18)28)26(38)35-10-9-34-7-4-17(35)5-8-34;27-18-11-30-24-22(23(28)32-35(24)13-18)25(36)31-21-12-29-6-5-20(21)16-1-3-17(4-2-16)26(37)34-9-7-33(8-10-34)19-14-38-15-19;27-18-13-30-24-22(23(28)32-35(24)15-18)25(36)31-21-14-29-8-5-20(21)16-1-3-17(4-2-16)26(37)34-12-11-33-9-6-19(34)7-10-33;21-13-9-24-19-17(18(22)26-28(19)11-13)20(29)25-16-10-23-6-3-15(16)12-4-7-27(8-5-12)32(30,31)14-1-2-14/h1-3,6,11-14,17H,4-5,7-10H2,(H2,29,33)(H,32,37);1-6,11-13,19H,7-10,14-15H2,(H2,28,32)(H,31,36);1-5,8,13-15,19H,6-7,9-12H2,(H2,28,32)(H,31,36);3,6,9-12,14H,1-2,4-5,7-8H2,(H2,22,26)(H,25,29). The number of pyridine rings is 4. The minimum absolute atomic E-state index is 0.00295. The topological polar surface area (TPSA) is 510 Å². The number of carbonyl (C=O) groups is 7. The summed E-state index contributed by atoms with van der Waals surface area (Å²) in [5.74, 6) is -5.73. The Kier molecular flexibility index (Phi) is 27.1. The molecule has 3 aromatic carbocycles. The highest BCUT2D eigenvalue weighted by Crippen LogP contribution is 2.41. The van der Waals surface area contributed by atoms with Crippen LogP contribution in [0, 0.1) is 29.1 Å². The molecule has 47 heteroatoms. The average molecular weight is 2000 g/mol. The van der Waals surface area contributed by atoms with E-state index in [-0.39, 0.29) is 120 Å². The molecule has 0 unspecified atom stereocenters. The van der Waals surface area contributed by atoms with Crippen molar-refractivity contribution in [2.75, 3.05) is 149 Å². The molecule has 21 heterocycles. The van der Waals surface area contributed by atoms with Crippen LogP contribution in [0.1, 0.15) is 135 Å². The van der Waals surface area contributed by atoms with Crippen LogP contribution in [0.15, 0.2) is 190 Å². The molecule has 12 aromatic heterocycles. The van der Waals surface area contributed by atoms with E-state index in [1.54, 1.807) is 65.5 Å². The fourth-order valence-corrected chi connectivity index (χ4v) is 21.3. The number of ether oxygens (including phenoxy) is 1. The Bertz CT molecular complexity index is 7650. The van der Waals surface area contributed by atoms with Gasteiger partial charge in [0.15, 0.2) is 69.1 Å². The van der Waals surface area contributed by atoms with Crippen molar-refractivity contribution >= 4 is 120 Å². The van der Waals surface area contributed by atoms with E-state index in [0.717, 1.165) is 201 Å². The van der Waals surface area contributed by atoms with E-state index in [4.69, 9.17) is 27.7 Å². The van der Waals surface area contributed by atoms with Gasteiger partial charge < -0.3 is 73.4 Å². The molecule has 145 heavy (non-hydrogen) atoms. The van der Waals surface area contributed by atoms with Crippen molar-refractivity contribution in [2.45, 2.75) is 80.7 Å². The molecule has 15 aromatic rings. The van der Waals surface area contributed by atoms with Crippen molar-refractivity contribution in [1.82, 2.24) is 112 Å². The minimum atomic E-state index is -3.19. The Hall–Kier alpha value is -16.4. The number of rotatable bonds is 18. The Morgan fingerprint density at radius 1 is 0.359 bits per heavy atom. The second-order valence-electron chi connectivity index (χ2n) is 36.2. The number of halogens is 5. The van der Waals surface area contributed by atoms with Gasteiger partial charge in [0, 0.05) is 167 Å². The van der Waals surface area contributed by atoms with Crippen LogP contribution in [-0.4, -0.2) is 290 Å². The highest BCUT2D eigenvalue weighted by Gasteiger charge is 2.43. The zero-order chi connectivity index (χ0) is 101. The van der Waals surface area contributed by atoms with E-state index in [1.165, 1.54) is 36.9 Å². The first kappa shape index (κ1) is 96.1. The Balaban J connectivity index is 0.000000118. The lowest BCUT2D eigenvalue weighted by molar-refractivity contribution is -0.0746. The van der Waals surface area contributed by atoms with Crippen LogP contribution in [0.4, 0.5) is 68.0 Å². The minimum Gasteiger partial charge on any atom is -0.381 e. The predicted octanol–water partition coefficient (Wildman–Crippen LogP) is 9.20. The molecule has 0 spiro atoms. The van der Waals surface area contributed by atoms with Crippen LogP contribution in [-0.2, 0) is 14.8 Å². The van der Waals surface area contributed by atoms with Crippen LogP contribution >= 0.6 is 0 Å². The smallest absolute Gasteiger partial charge is 0.263 e. The number of nitrogens with one attached hydrogen (secondary N) is 4. The maximum atomic E-state index is 15.4.